The van der Waals surface area contributed by atoms with Crippen LogP contribution in [-0.4, -0.2) is 25.4 Å². The zero-order valence-corrected chi connectivity index (χ0v) is 11.1. The molecule has 0 bridgehead atoms. The van der Waals surface area contributed by atoms with Gasteiger partial charge in [0, 0.05) is 30.4 Å². The van der Waals surface area contributed by atoms with Crippen molar-refractivity contribution >= 4 is 16.9 Å². The smallest absolute Gasteiger partial charge is 0.336 e. The Bertz CT molecular complexity index is 850. The molecule has 3 aromatic rings. The Morgan fingerprint density at radius 3 is 2.71 bits per heavy atom. The van der Waals surface area contributed by atoms with Gasteiger partial charge in [0.1, 0.15) is 0 Å². The van der Waals surface area contributed by atoms with Crippen LogP contribution in [0.25, 0.3) is 10.9 Å². The van der Waals surface area contributed by atoms with Gasteiger partial charge < -0.3 is 9.67 Å². The molecule has 0 aliphatic carbocycles. The zero-order valence-electron chi connectivity index (χ0n) is 11.1. The number of aromatic carboxylic acids is 1. The minimum absolute atomic E-state index is 0.0333. The zero-order chi connectivity index (χ0) is 14.8. The van der Waals surface area contributed by atoms with Gasteiger partial charge in [0.2, 0.25) is 0 Å². The topological polar surface area (TPSA) is 77.1 Å². The average Bonchev–Trinajstić information content (AvgIpc) is 2.98. The van der Waals surface area contributed by atoms with Crippen LogP contribution < -0.4 is 5.56 Å². The number of benzene rings is 1. The monoisotopic (exact) mass is 283 g/mol. The maximum absolute atomic E-state index is 12.2. The summed E-state index contributed by atoms with van der Waals surface area (Å²) in [4.78, 5) is 23.4. The van der Waals surface area contributed by atoms with Gasteiger partial charge in [0.25, 0.3) is 5.56 Å². The van der Waals surface area contributed by atoms with Crippen molar-refractivity contribution in [1.29, 1.82) is 0 Å². The van der Waals surface area contributed by atoms with Crippen LogP contribution in [0.15, 0.2) is 53.6 Å². The molecule has 0 aliphatic heterocycles. The van der Waals surface area contributed by atoms with E-state index in [1.807, 2.05) is 12.3 Å². The van der Waals surface area contributed by atoms with Crippen molar-refractivity contribution in [1.82, 2.24) is 14.3 Å². The molecule has 0 unspecified atom stereocenters. The van der Waals surface area contributed by atoms with Gasteiger partial charge in [-0.1, -0.05) is 18.2 Å². The number of carboxylic acid groups (broad SMARTS) is 1. The van der Waals surface area contributed by atoms with E-state index in [-0.39, 0.29) is 11.1 Å². The standard InChI is InChI=1S/C15H13N3O3/c19-14-10-12(15(20)21)11-4-1-2-5-13(11)18(14)9-8-17-7-3-6-16-17/h1-7,10H,8-9H2,(H,20,21). The highest BCUT2D eigenvalue weighted by molar-refractivity contribution is 6.02. The molecule has 0 atom stereocenters. The van der Waals surface area contributed by atoms with Gasteiger partial charge in [0.15, 0.2) is 0 Å². The van der Waals surface area contributed by atoms with Gasteiger partial charge in [-0.25, -0.2) is 4.79 Å². The summed E-state index contributed by atoms with van der Waals surface area (Å²) >= 11 is 0. The Labute approximate surface area is 119 Å². The third kappa shape index (κ3) is 2.43. The summed E-state index contributed by atoms with van der Waals surface area (Å²) in [7, 11) is 0. The predicted molar refractivity (Wildman–Crippen MR) is 77.4 cm³/mol. The molecule has 106 valence electrons. The fourth-order valence-corrected chi connectivity index (χ4v) is 2.38. The first-order valence-corrected chi connectivity index (χ1v) is 6.50. The van der Waals surface area contributed by atoms with E-state index in [2.05, 4.69) is 5.10 Å². The van der Waals surface area contributed by atoms with Crippen molar-refractivity contribution in [3.8, 4) is 0 Å². The summed E-state index contributed by atoms with van der Waals surface area (Å²) in [5.74, 6) is -1.09. The first-order valence-electron chi connectivity index (χ1n) is 6.50. The molecule has 0 spiro atoms. The molecule has 2 heterocycles. The summed E-state index contributed by atoms with van der Waals surface area (Å²) in [5.41, 5.74) is 0.332. The number of hydrogen-bond acceptors (Lipinski definition) is 3. The highest BCUT2D eigenvalue weighted by Gasteiger charge is 2.13. The summed E-state index contributed by atoms with van der Waals surface area (Å²) in [6, 6.07) is 10.0. The maximum atomic E-state index is 12.2. The highest BCUT2D eigenvalue weighted by Crippen LogP contribution is 2.16. The number of aromatic nitrogens is 3. The Kier molecular flexibility index (Phi) is 3.27. The van der Waals surface area contributed by atoms with E-state index in [9.17, 15) is 14.7 Å². The van der Waals surface area contributed by atoms with Crippen molar-refractivity contribution in [3.05, 3.63) is 64.7 Å². The molecule has 3 rings (SSSR count). The van der Waals surface area contributed by atoms with Crippen molar-refractivity contribution in [2.45, 2.75) is 13.1 Å². The molecule has 0 saturated carbocycles. The number of para-hydroxylation sites is 1. The van der Waals surface area contributed by atoms with Crippen LogP contribution in [0, 0.1) is 0 Å². The van der Waals surface area contributed by atoms with Crippen molar-refractivity contribution in [3.63, 3.8) is 0 Å². The number of rotatable bonds is 4. The lowest BCUT2D eigenvalue weighted by molar-refractivity contribution is 0.0698. The second-order valence-corrected chi connectivity index (χ2v) is 4.64. The predicted octanol–water partition coefficient (Wildman–Crippen LogP) is 1.60. The van der Waals surface area contributed by atoms with Crippen molar-refractivity contribution in [2.75, 3.05) is 0 Å². The van der Waals surface area contributed by atoms with Crippen LogP contribution >= 0.6 is 0 Å². The Hall–Kier alpha value is -2.89. The lowest BCUT2D eigenvalue weighted by Gasteiger charge is -2.12. The molecule has 0 saturated heterocycles. The largest absolute Gasteiger partial charge is 0.478 e. The number of pyridine rings is 1. The van der Waals surface area contributed by atoms with Crippen LogP contribution in [0.2, 0.25) is 0 Å². The van der Waals surface area contributed by atoms with E-state index < -0.39 is 5.97 Å². The molecule has 0 amide bonds. The number of fused-ring (bicyclic) bond motifs is 1. The Morgan fingerprint density at radius 1 is 1.19 bits per heavy atom. The molecule has 1 N–H and O–H groups in total. The van der Waals surface area contributed by atoms with Gasteiger partial charge in [-0.3, -0.25) is 9.48 Å². The third-order valence-electron chi connectivity index (χ3n) is 3.36. The summed E-state index contributed by atoms with van der Waals surface area (Å²) in [6.07, 6.45) is 3.49. The van der Waals surface area contributed by atoms with Crippen LogP contribution in [0.4, 0.5) is 0 Å². The quantitative estimate of drug-likeness (QED) is 0.789. The Morgan fingerprint density at radius 2 is 2.00 bits per heavy atom. The van der Waals surface area contributed by atoms with Crippen molar-refractivity contribution < 1.29 is 9.90 Å². The molecule has 0 fully saturated rings. The molecule has 2 aromatic heterocycles. The molecule has 0 radical (unpaired) electrons. The van der Waals surface area contributed by atoms with Crippen LogP contribution in [0.3, 0.4) is 0 Å². The van der Waals surface area contributed by atoms with E-state index in [0.717, 1.165) is 0 Å². The first kappa shape index (κ1) is 13.1. The molecular weight excluding hydrogens is 270 g/mol. The van der Waals surface area contributed by atoms with E-state index in [1.54, 1.807) is 39.7 Å². The summed E-state index contributed by atoms with van der Waals surface area (Å²) in [5, 5.41) is 13.9. The minimum Gasteiger partial charge on any atom is -0.478 e. The van der Waals surface area contributed by atoms with E-state index in [4.69, 9.17) is 0 Å². The Balaban J connectivity index is 2.10. The van der Waals surface area contributed by atoms with Gasteiger partial charge >= 0.3 is 5.97 Å². The molecule has 6 nitrogen and oxygen atoms in total. The second kappa shape index (κ2) is 5.24. The lowest BCUT2D eigenvalue weighted by atomic mass is 10.1. The first-order chi connectivity index (χ1) is 10.2. The molecule has 6 heteroatoms. The average molecular weight is 283 g/mol. The highest BCUT2D eigenvalue weighted by atomic mass is 16.4. The van der Waals surface area contributed by atoms with Gasteiger partial charge in [-0.15, -0.1) is 0 Å². The van der Waals surface area contributed by atoms with Gasteiger partial charge in [0.05, 0.1) is 17.6 Å². The number of carbonyl (C=O) groups is 1. The number of carboxylic acids is 1. The SMILES string of the molecule is O=C(O)c1cc(=O)n(CCn2cccn2)c2ccccc12. The fourth-order valence-electron chi connectivity index (χ4n) is 2.38. The lowest BCUT2D eigenvalue weighted by Crippen LogP contribution is -2.24. The normalized spacial score (nSPS) is 10.9. The van der Waals surface area contributed by atoms with Gasteiger partial charge in [-0.05, 0) is 12.1 Å². The summed E-state index contributed by atoms with van der Waals surface area (Å²) in [6.45, 7) is 0.976. The second-order valence-electron chi connectivity index (χ2n) is 4.64. The molecular formula is C15H13N3O3. The fraction of sp³-hybridized carbons (Fsp3) is 0.133. The molecule has 0 aliphatic rings. The minimum atomic E-state index is -1.09. The number of hydrogen-bond donors (Lipinski definition) is 1. The van der Waals surface area contributed by atoms with Gasteiger partial charge in [-0.2, -0.15) is 5.10 Å². The number of aryl methyl sites for hydroxylation is 2. The number of nitrogens with zero attached hydrogens (tertiary/aromatic N) is 3. The summed E-state index contributed by atoms with van der Waals surface area (Å²) < 4.78 is 3.30. The maximum Gasteiger partial charge on any atom is 0.336 e. The van der Waals surface area contributed by atoms with Crippen molar-refractivity contribution in [2.24, 2.45) is 0 Å². The van der Waals surface area contributed by atoms with Crippen LogP contribution in [0.5, 0.6) is 0 Å². The van der Waals surface area contributed by atoms with E-state index in [1.165, 1.54) is 6.07 Å². The van der Waals surface area contributed by atoms with E-state index in [0.29, 0.717) is 24.0 Å². The third-order valence-corrected chi connectivity index (χ3v) is 3.36. The molecule has 21 heavy (non-hydrogen) atoms. The van der Waals surface area contributed by atoms with Crippen LogP contribution in [0.1, 0.15) is 10.4 Å². The van der Waals surface area contributed by atoms with E-state index >= 15 is 0 Å². The molecule has 1 aromatic carbocycles. The van der Waals surface area contributed by atoms with Crippen LogP contribution in [-0.2, 0) is 13.1 Å².